The number of hydrogen-bond acceptors (Lipinski definition) is 6. The predicted molar refractivity (Wildman–Crippen MR) is 129 cm³/mol. The summed E-state index contributed by atoms with van der Waals surface area (Å²) in [5.74, 6) is 1.47. The van der Waals surface area contributed by atoms with Gasteiger partial charge in [0.15, 0.2) is 0 Å². The summed E-state index contributed by atoms with van der Waals surface area (Å²) in [6.07, 6.45) is 7.45. The van der Waals surface area contributed by atoms with E-state index in [-0.39, 0.29) is 5.75 Å². The van der Waals surface area contributed by atoms with Gasteiger partial charge in [0.05, 0.1) is 12.2 Å². The molecular formula is C25H29F3N6O2. The number of nitrogens with one attached hydrogen (secondary N) is 1. The molecule has 0 spiro atoms. The summed E-state index contributed by atoms with van der Waals surface area (Å²) in [4.78, 5) is 4.27. The number of benzene rings is 1. The van der Waals surface area contributed by atoms with Gasteiger partial charge in [-0.25, -0.2) is 18.2 Å². The van der Waals surface area contributed by atoms with E-state index in [0.29, 0.717) is 31.1 Å². The number of rotatable bonds is 8. The van der Waals surface area contributed by atoms with Crippen LogP contribution in [0.5, 0.6) is 5.75 Å². The van der Waals surface area contributed by atoms with Crippen LogP contribution in [-0.2, 0) is 11.2 Å². The van der Waals surface area contributed by atoms with E-state index in [1.54, 1.807) is 7.05 Å². The molecule has 0 unspecified atom stereocenters. The van der Waals surface area contributed by atoms with Gasteiger partial charge in [-0.2, -0.15) is 5.10 Å². The number of amidine groups is 1. The lowest BCUT2D eigenvalue weighted by Crippen LogP contribution is -2.42. The summed E-state index contributed by atoms with van der Waals surface area (Å²) >= 11 is 0. The van der Waals surface area contributed by atoms with Crippen LogP contribution in [0, 0.1) is 5.82 Å². The molecule has 0 amide bonds. The number of hydrogen-bond donors (Lipinski definition) is 1. The summed E-state index contributed by atoms with van der Waals surface area (Å²) < 4.78 is 52.0. The van der Waals surface area contributed by atoms with Crippen molar-refractivity contribution in [1.82, 2.24) is 25.1 Å². The fourth-order valence-corrected chi connectivity index (χ4v) is 4.69. The smallest absolute Gasteiger partial charge is 0.272 e. The zero-order chi connectivity index (χ0) is 25.1. The molecule has 1 fully saturated rings. The summed E-state index contributed by atoms with van der Waals surface area (Å²) in [5.41, 5.74) is 2.61. The maximum Gasteiger partial charge on any atom is 0.272 e. The highest BCUT2D eigenvalue weighted by Crippen LogP contribution is 2.33. The molecule has 0 saturated carbocycles. The lowest BCUT2D eigenvalue weighted by molar-refractivity contribution is 0.0662. The first-order valence-corrected chi connectivity index (χ1v) is 12.0. The molecule has 3 aliphatic rings. The van der Waals surface area contributed by atoms with E-state index in [1.165, 1.54) is 18.2 Å². The van der Waals surface area contributed by atoms with Crippen LogP contribution in [0.3, 0.4) is 0 Å². The molecule has 1 saturated heterocycles. The number of aliphatic imine (C=N–C) groups is 1. The number of ether oxygens (including phenoxy) is 2. The van der Waals surface area contributed by atoms with Crippen LogP contribution < -0.4 is 10.1 Å². The molecule has 1 aromatic carbocycles. The minimum atomic E-state index is -2.60. The Hall–Kier alpha value is -3.31. The van der Waals surface area contributed by atoms with Crippen LogP contribution in [-0.4, -0.2) is 72.0 Å². The minimum Gasteiger partial charge on any atom is -0.487 e. The highest BCUT2D eigenvalue weighted by atomic mass is 19.3. The van der Waals surface area contributed by atoms with Crippen molar-refractivity contribution in [3.05, 3.63) is 65.6 Å². The van der Waals surface area contributed by atoms with Crippen molar-refractivity contribution in [1.29, 1.82) is 0 Å². The van der Waals surface area contributed by atoms with E-state index in [4.69, 9.17) is 9.47 Å². The van der Waals surface area contributed by atoms with Gasteiger partial charge in [0.1, 0.15) is 29.8 Å². The maximum absolute atomic E-state index is 13.9. The molecule has 0 aliphatic carbocycles. The first-order valence-electron chi connectivity index (χ1n) is 12.0. The first-order chi connectivity index (χ1) is 17.5. The molecule has 1 aromatic heterocycles. The Balaban J connectivity index is 1.35. The number of alkyl halides is 2. The van der Waals surface area contributed by atoms with Gasteiger partial charge in [0.25, 0.3) is 6.43 Å². The topological polar surface area (TPSA) is 67.2 Å². The SMILES string of the molecule is CN=C1C=CN2C(=C(c3cnn(C4CCOCC4)c3)CN2CCc2cc(F)ccc2OCC(F)F)N1. The van der Waals surface area contributed by atoms with E-state index < -0.39 is 18.8 Å². The number of fused-ring (bicyclic) bond motifs is 1. The molecule has 0 radical (unpaired) electrons. The van der Waals surface area contributed by atoms with Gasteiger partial charge in [-0.3, -0.25) is 14.7 Å². The largest absolute Gasteiger partial charge is 0.487 e. The average Bonchev–Trinajstić information content (AvgIpc) is 3.52. The third kappa shape index (κ3) is 5.26. The van der Waals surface area contributed by atoms with Gasteiger partial charge in [-0.05, 0) is 49.1 Å². The van der Waals surface area contributed by atoms with Crippen molar-refractivity contribution in [3.63, 3.8) is 0 Å². The maximum atomic E-state index is 13.9. The third-order valence-electron chi connectivity index (χ3n) is 6.56. The Labute approximate surface area is 207 Å². The van der Waals surface area contributed by atoms with Crippen molar-refractivity contribution in [2.45, 2.75) is 31.7 Å². The molecule has 4 heterocycles. The number of hydrazine groups is 1. The molecule has 5 rings (SSSR count). The predicted octanol–water partition coefficient (Wildman–Crippen LogP) is 3.61. The van der Waals surface area contributed by atoms with E-state index in [1.807, 2.05) is 28.2 Å². The number of nitrogens with zero attached hydrogens (tertiary/aromatic N) is 5. The second-order valence-electron chi connectivity index (χ2n) is 8.87. The van der Waals surface area contributed by atoms with Gasteiger partial charge in [-0.1, -0.05) is 0 Å². The lowest BCUT2D eigenvalue weighted by atomic mass is 10.1. The average molecular weight is 503 g/mol. The van der Waals surface area contributed by atoms with Crippen molar-refractivity contribution in [3.8, 4) is 5.75 Å². The zero-order valence-electron chi connectivity index (χ0n) is 20.0. The Morgan fingerprint density at radius 1 is 1.28 bits per heavy atom. The van der Waals surface area contributed by atoms with Crippen molar-refractivity contribution < 1.29 is 22.6 Å². The van der Waals surface area contributed by atoms with Gasteiger partial charge in [-0.15, -0.1) is 0 Å². The second kappa shape index (κ2) is 10.8. The lowest BCUT2D eigenvalue weighted by Gasteiger charge is -2.32. The monoisotopic (exact) mass is 502 g/mol. The number of halogens is 3. The Kier molecular flexibility index (Phi) is 7.28. The van der Waals surface area contributed by atoms with E-state index in [0.717, 1.165) is 48.8 Å². The standard InChI is InChI=1S/C25H29F3N6O2/c1-29-24-5-9-34-25(31-24)21(18-13-30-33(14-18)20-6-10-35-11-7-20)15-32(34)8-4-17-12-19(26)2-3-22(17)36-16-23(27)28/h2-3,5,9,12-14,20,23H,4,6-8,10-11,15-16H2,1H3,(H,29,31). The Bertz CT molecular complexity index is 1170. The quantitative estimate of drug-likeness (QED) is 0.595. The van der Waals surface area contributed by atoms with Crippen LogP contribution >= 0.6 is 0 Å². The fourth-order valence-electron chi connectivity index (χ4n) is 4.69. The van der Waals surface area contributed by atoms with Crippen LogP contribution in [0.25, 0.3) is 5.57 Å². The first kappa shape index (κ1) is 24.4. The van der Waals surface area contributed by atoms with Crippen LogP contribution in [0.2, 0.25) is 0 Å². The van der Waals surface area contributed by atoms with Crippen molar-refractivity contribution >= 4 is 11.4 Å². The molecule has 0 bridgehead atoms. The van der Waals surface area contributed by atoms with Crippen LogP contribution in [0.1, 0.15) is 30.0 Å². The van der Waals surface area contributed by atoms with Crippen LogP contribution in [0.4, 0.5) is 13.2 Å². The summed E-state index contributed by atoms with van der Waals surface area (Å²) in [7, 11) is 1.73. The van der Waals surface area contributed by atoms with Crippen molar-refractivity contribution in [2.24, 2.45) is 4.99 Å². The third-order valence-corrected chi connectivity index (χ3v) is 6.56. The van der Waals surface area contributed by atoms with Crippen molar-refractivity contribution in [2.75, 3.05) is 40.0 Å². The normalized spacial score (nSPS) is 19.9. The molecule has 11 heteroatoms. The minimum absolute atomic E-state index is 0.273. The molecule has 3 aliphatic heterocycles. The van der Waals surface area contributed by atoms with Gasteiger partial charge >= 0.3 is 0 Å². The van der Waals surface area contributed by atoms with Crippen LogP contribution in [0.15, 0.2) is 53.7 Å². The second-order valence-corrected chi connectivity index (χ2v) is 8.87. The van der Waals surface area contributed by atoms with Gasteiger partial charge in [0, 0.05) is 56.9 Å². The van der Waals surface area contributed by atoms with E-state index >= 15 is 0 Å². The molecule has 2 aromatic rings. The summed E-state index contributed by atoms with van der Waals surface area (Å²) in [5, 5.41) is 12.1. The summed E-state index contributed by atoms with van der Waals surface area (Å²) in [6.45, 7) is 1.85. The Morgan fingerprint density at radius 3 is 2.89 bits per heavy atom. The summed E-state index contributed by atoms with van der Waals surface area (Å²) in [6, 6.07) is 4.29. The van der Waals surface area contributed by atoms with E-state index in [2.05, 4.69) is 26.6 Å². The van der Waals surface area contributed by atoms with Gasteiger partial charge < -0.3 is 14.8 Å². The molecule has 192 valence electrons. The van der Waals surface area contributed by atoms with E-state index in [9.17, 15) is 13.2 Å². The molecule has 8 nitrogen and oxygen atoms in total. The molecule has 1 N–H and O–H groups in total. The van der Waals surface area contributed by atoms with Gasteiger partial charge in [0.2, 0.25) is 0 Å². The molecule has 0 atom stereocenters. The highest BCUT2D eigenvalue weighted by molar-refractivity contribution is 5.96. The molecular weight excluding hydrogens is 473 g/mol. The molecule has 36 heavy (non-hydrogen) atoms. The number of aromatic nitrogens is 2. The highest BCUT2D eigenvalue weighted by Gasteiger charge is 2.33. The Morgan fingerprint density at radius 2 is 2.11 bits per heavy atom. The fraction of sp³-hybridized carbons (Fsp3) is 0.440. The zero-order valence-corrected chi connectivity index (χ0v) is 20.0.